The van der Waals surface area contributed by atoms with Gasteiger partial charge in [0, 0.05) is 17.6 Å². The van der Waals surface area contributed by atoms with Crippen LogP contribution in [0, 0.1) is 0 Å². The Hall–Kier alpha value is -2.09. The van der Waals surface area contributed by atoms with Gasteiger partial charge in [0.2, 0.25) is 0 Å². The first-order valence-electron chi connectivity index (χ1n) is 7.56. The molecule has 0 aromatic heterocycles. The Morgan fingerprint density at radius 1 is 1.17 bits per heavy atom. The number of hydrogen-bond donors (Lipinski definition) is 2. The first-order valence-corrected chi connectivity index (χ1v) is 7.56. The van der Waals surface area contributed by atoms with Gasteiger partial charge in [-0.25, -0.2) is 4.79 Å². The van der Waals surface area contributed by atoms with E-state index in [1.54, 1.807) is 12.1 Å². The first kappa shape index (κ1) is 18.3. The molecular weight excluding hydrogens is 327 g/mol. The maximum atomic E-state index is 10.6. The fraction of sp³-hybridized carbons (Fsp3) is 0.500. The Bertz CT molecular complexity index is 562. The molecule has 1 aromatic carbocycles. The number of carboxylic acid groups (broad SMARTS) is 1. The molecule has 132 valence electrons. The zero-order valence-electron chi connectivity index (χ0n) is 12.8. The van der Waals surface area contributed by atoms with Crippen LogP contribution in [0.3, 0.4) is 0 Å². The number of halogens is 3. The summed E-state index contributed by atoms with van der Waals surface area (Å²) < 4.78 is 37.7. The smallest absolute Gasteiger partial charge is 0.490 e. The van der Waals surface area contributed by atoms with Crippen LogP contribution >= 0.6 is 0 Å². The third-order valence-corrected chi connectivity index (χ3v) is 3.99. The van der Waals surface area contributed by atoms with Gasteiger partial charge in [0.25, 0.3) is 0 Å². The maximum absolute atomic E-state index is 10.6. The number of carboxylic acids is 1. The summed E-state index contributed by atoms with van der Waals surface area (Å²) in [5, 5.41) is 10.7. The molecule has 0 aliphatic carbocycles. The van der Waals surface area contributed by atoms with Gasteiger partial charge in [-0.1, -0.05) is 0 Å². The number of rotatable bonds is 3. The second kappa shape index (κ2) is 7.65. The number of piperidine rings is 1. The van der Waals surface area contributed by atoms with Crippen molar-refractivity contribution >= 4 is 12.3 Å². The lowest BCUT2D eigenvalue weighted by Gasteiger charge is -2.29. The highest BCUT2D eigenvalue weighted by Crippen LogP contribution is 2.29. The third kappa shape index (κ3) is 5.23. The van der Waals surface area contributed by atoms with Crippen LogP contribution in [0.2, 0.25) is 0 Å². The molecule has 1 aromatic rings. The number of carbonyl (C=O) groups excluding carboxylic acids is 1. The third-order valence-electron chi connectivity index (χ3n) is 3.99. The van der Waals surface area contributed by atoms with Crippen molar-refractivity contribution in [2.75, 3.05) is 0 Å². The van der Waals surface area contributed by atoms with Crippen LogP contribution in [0.5, 0.6) is 5.75 Å². The number of hydrogen-bond acceptors (Lipinski definition) is 4. The minimum Gasteiger partial charge on any atom is -0.490 e. The highest BCUT2D eigenvalue weighted by atomic mass is 19.4. The van der Waals surface area contributed by atoms with Crippen LogP contribution in [-0.4, -0.2) is 41.7 Å². The van der Waals surface area contributed by atoms with Crippen molar-refractivity contribution < 1.29 is 32.6 Å². The van der Waals surface area contributed by atoms with Crippen molar-refractivity contribution in [3.05, 3.63) is 29.8 Å². The van der Waals surface area contributed by atoms with Crippen LogP contribution in [0.25, 0.3) is 0 Å². The predicted molar refractivity (Wildman–Crippen MR) is 79.1 cm³/mol. The van der Waals surface area contributed by atoms with Gasteiger partial charge in [0.15, 0.2) is 0 Å². The molecule has 0 amide bonds. The van der Waals surface area contributed by atoms with Crippen molar-refractivity contribution in [2.45, 2.75) is 50.0 Å². The average molecular weight is 345 g/mol. The average Bonchev–Trinajstić information content (AvgIpc) is 2.86. The number of nitrogens with one attached hydrogen (secondary N) is 1. The van der Waals surface area contributed by atoms with Gasteiger partial charge in [-0.3, -0.25) is 4.79 Å². The molecule has 3 atom stereocenters. The molecule has 5 nitrogen and oxygen atoms in total. The zero-order chi connectivity index (χ0) is 17.7. The summed E-state index contributed by atoms with van der Waals surface area (Å²) in [5.41, 5.74) is 0.697. The van der Waals surface area contributed by atoms with Crippen molar-refractivity contribution in [2.24, 2.45) is 0 Å². The second-order valence-electron chi connectivity index (χ2n) is 5.84. The molecule has 3 rings (SSSR count). The fourth-order valence-electron chi connectivity index (χ4n) is 2.92. The largest absolute Gasteiger partial charge is 0.490 e. The van der Waals surface area contributed by atoms with E-state index in [2.05, 4.69) is 5.32 Å². The molecule has 2 heterocycles. The van der Waals surface area contributed by atoms with Gasteiger partial charge in [0.1, 0.15) is 18.1 Å². The van der Waals surface area contributed by atoms with E-state index < -0.39 is 12.1 Å². The lowest BCUT2D eigenvalue weighted by atomic mass is 10.0. The van der Waals surface area contributed by atoms with Crippen LogP contribution < -0.4 is 10.1 Å². The molecule has 2 N–H and O–H groups in total. The number of alkyl halides is 3. The summed E-state index contributed by atoms with van der Waals surface area (Å²) in [6.45, 7) is 0. The Kier molecular flexibility index (Phi) is 5.82. The van der Waals surface area contributed by atoms with Gasteiger partial charge >= 0.3 is 12.1 Å². The van der Waals surface area contributed by atoms with Crippen LogP contribution in [0.15, 0.2) is 24.3 Å². The Morgan fingerprint density at radius 3 is 2.08 bits per heavy atom. The minimum atomic E-state index is -5.08. The Balaban J connectivity index is 0.000000256. The monoisotopic (exact) mass is 345 g/mol. The van der Waals surface area contributed by atoms with E-state index in [9.17, 15) is 18.0 Å². The van der Waals surface area contributed by atoms with E-state index in [4.69, 9.17) is 14.6 Å². The van der Waals surface area contributed by atoms with Crippen molar-refractivity contribution in [1.29, 1.82) is 0 Å². The molecule has 2 fully saturated rings. The lowest BCUT2D eigenvalue weighted by Crippen LogP contribution is -2.42. The lowest BCUT2D eigenvalue weighted by molar-refractivity contribution is -0.192. The van der Waals surface area contributed by atoms with Gasteiger partial charge in [-0.15, -0.1) is 0 Å². The van der Waals surface area contributed by atoms with Gasteiger partial charge in [0.05, 0.1) is 0 Å². The van der Waals surface area contributed by atoms with E-state index in [-0.39, 0.29) is 0 Å². The van der Waals surface area contributed by atoms with E-state index in [0.29, 0.717) is 23.8 Å². The first-order chi connectivity index (χ1) is 11.3. The maximum Gasteiger partial charge on any atom is 0.490 e. The summed E-state index contributed by atoms with van der Waals surface area (Å²) >= 11 is 0. The molecule has 8 heteroatoms. The van der Waals surface area contributed by atoms with Crippen molar-refractivity contribution in [3.63, 3.8) is 0 Å². The molecule has 0 radical (unpaired) electrons. The zero-order valence-corrected chi connectivity index (χ0v) is 12.8. The van der Waals surface area contributed by atoms with Gasteiger partial charge in [-0.05, 0) is 49.9 Å². The molecular formula is C16H18F3NO4. The highest BCUT2D eigenvalue weighted by molar-refractivity contribution is 5.74. The molecule has 0 unspecified atom stereocenters. The summed E-state index contributed by atoms with van der Waals surface area (Å²) in [6.07, 6.45) is 0.881. The van der Waals surface area contributed by atoms with Crippen molar-refractivity contribution in [3.8, 4) is 5.75 Å². The number of carbonyl (C=O) groups is 2. The van der Waals surface area contributed by atoms with E-state index in [0.717, 1.165) is 24.9 Å². The highest BCUT2D eigenvalue weighted by Gasteiger charge is 2.38. The minimum absolute atomic E-state index is 0.329. The van der Waals surface area contributed by atoms with Crippen LogP contribution in [0.4, 0.5) is 13.2 Å². The Morgan fingerprint density at radius 2 is 1.67 bits per heavy atom. The molecule has 24 heavy (non-hydrogen) atoms. The summed E-state index contributed by atoms with van der Waals surface area (Å²) in [6, 6.07) is 8.66. The SMILES string of the molecule is O=C(O)C(F)(F)F.O=Cc1ccc(O[C@@H]2C[C@H]3CC[C@@H](C2)N3)cc1. The second-order valence-corrected chi connectivity index (χ2v) is 5.84. The molecule has 0 spiro atoms. The topological polar surface area (TPSA) is 75.6 Å². The van der Waals surface area contributed by atoms with Gasteiger partial charge < -0.3 is 15.2 Å². The normalized spacial score (nSPS) is 25.4. The molecule has 2 saturated heterocycles. The van der Waals surface area contributed by atoms with E-state index in [1.165, 1.54) is 12.8 Å². The van der Waals surface area contributed by atoms with E-state index >= 15 is 0 Å². The van der Waals surface area contributed by atoms with Crippen LogP contribution in [-0.2, 0) is 4.79 Å². The number of benzene rings is 1. The van der Waals surface area contributed by atoms with Crippen molar-refractivity contribution in [1.82, 2.24) is 5.32 Å². The molecule has 0 saturated carbocycles. The van der Waals surface area contributed by atoms with Gasteiger partial charge in [-0.2, -0.15) is 13.2 Å². The van der Waals surface area contributed by atoms with E-state index in [1.807, 2.05) is 12.1 Å². The number of aliphatic carboxylic acids is 1. The number of fused-ring (bicyclic) bond motifs is 2. The summed E-state index contributed by atoms with van der Waals surface area (Å²) in [4.78, 5) is 19.4. The Labute approximate surface area is 136 Å². The van der Waals surface area contributed by atoms with Crippen LogP contribution in [0.1, 0.15) is 36.0 Å². The molecule has 2 bridgehead atoms. The molecule has 2 aliphatic rings. The quantitative estimate of drug-likeness (QED) is 0.824. The molecule has 2 aliphatic heterocycles. The summed E-state index contributed by atoms with van der Waals surface area (Å²) in [7, 11) is 0. The fourth-order valence-corrected chi connectivity index (χ4v) is 2.92. The summed E-state index contributed by atoms with van der Waals surface area (Å²) in [5.74, 6) is -1.88. The standard InChI is InChI=1S/C14H17NO2.C2HF3O2/c16-9-10-1-5-13(6-2-10)17-14-7-11-3-4-12(8-14)15-11;3-2(4,5)1(6)7/h1-2,5-6,9,11-12,14-15H,3-4,7-8H2;(H,6,7)/t11-,12+,14-;. The number of aldehydes is 1. The number of ether oxygens (including phenoxy) is 1. The predicted octanol–water partition coefficient (Wildman–Crippen LogP) is 2.79.